The molecule has 0 N–H and O–H groups in total. The summed E-state index contributed by atoms with van der Waals surface area (Å²) in [5.74, 6) is 0. The van der Waals surface area contributed by atoms with E-state index in [4.69, 9.17) is 13.3 Å². The van der Waals surface area contributed by atoms with Crippen molar-refractivity contribution < 1.29 is 13.3 Å². The summed E-state index contributed by atoms with van der Waals surface area (Å²) in [4.78, 5) is 0. The molecule has 0 aromatic heterocycles. The minimum atomic E-state index is -2.53. The number of hydrogen-bond donors (Lipinski definition) is 0. The average molecular weight is 319 g/mol. The fourth-order valence-electron chi connectivity index (χ4n) is 2.83. The summed E-state index contributed by atoms with van der Waals surface area (Å²) in [6, 6.07) is 0.918. The summed E-state index contributed by atoms with van der Waals surface area (Å²) in [5.41, 5.74) is -0.0725. The van der Waals surface area contributed by atoms with Crippen molar-refractivity contribution in [2.24, 2.45) is 0 Å². The van der Waals surface area contributed by atoms with Crippen LogP contribution < -0.4 is 0 Å². The summed E-state index contributed by atoms with van der Waals surface area (Å²) < 4.78 is 18.7. The zero-order valence-electron chi connectivity index (χ0n) is 15.3. The van der Waals surface area contributed by atoms with E-state index in [0.717, 1.165) is 51.2 Å². The summed E-state index contributed by atoms with van der Waals surface area (Å²) in [6.45, 7) is 11.8. The third-order valence-corrected chi connectivity index (χ3v) is 7.43. The second kappa shape index (κ2) is 11.6. The van der Waals surface area contributed by atoms with Crippen molar-refractivity contribution in [3.05, 3.63) is 0 Å². The Kier molecular flexibility index (Phi) is 11.7. The lowest BCUT2D eigenvalue weighted by atomic mass is 9.92. The Morgan fingerprint density at radius 3 is 1.95 bits per heavy atom. The van der Waals surface area contributed by atoms with Crippen LogP contribution in [-0.4, -0.2) is 28.1 Å². The minimum absolute atomic E-state index is 0.0725. The number of hydrogen-bond acceptors (Lipinski definition) is 3. The Labute approximate surface area is 134 Å². The standard InChI is InChI=1S/C17H38O3Si/c1-7-12-13-15-19-21(18-6,16-9-3)20-17(10-4,11-5)14-8-2/h7-16H2,1-6H3. The summed E-state index contributed by atoms with van der Waals surface area (Å²) >= 11 is 0. The molecule has 1 atom stereocenters. The SMILES string of the molecule is CCCCCO[Si](CCC)(OC)OC(CC)(CC)CCC. The smallest absolute Gasteiger partial charge is 0.377 e. The maximum Gasteiger partial charge on any atom is 0.501 e. The lowest BCUT2D eigenvalue weighted by molar-refractivity contribution is -0.0365. The van der Waals surface area contributed by atoms with E-state index >= 15 is 0 Å². The van der Waals surface area contributed by atoms with E-state index in [1.165, 1.54) is 12.8 Å². The van der Waals surface area contributed by atoms with E-state index in [0.29, 0.717) is 0 Å². The van der Waals surface area contributed by atoms with Crippen LogP contribution in [0.4, 0.5) is 0 Å². The highest BCUT2D eigenvalue weighted by molar-refractivity contribution is 6.60. The van der Waals surface area contributed by atoms with Crippen molar-refractivity contribution in [3.63, 3.8) is 0 Å². The third-order valence-electron chi connectivity index (χ3n) is 4.30. The van der Waals surface area contributed by atoms with Crippen LogP contribution in [0.1, 0.15) is 86.0 Å². The lowest BCUT2D eigenvalue weighted by Crippen LogP contribution is -2.52. The Morgan fingerprint density at radius 1 is 0.857 bits per heavy atom. The predicted octanol–water partition coefficient (Wildman–Crippen LogP) is 5.56. The zero-order valence-corrected chi connectivity index (χ0v) is 16.3. The molecule has 0 aliphatic heterocycles. The normalized spacial score (nSPS) is 15.1. The van der Waals surface area contributed by atoms with Gasteiger partial charge in [-0.3, -0.25) is 0 Å². The quantitative estimate of drug-likeness (QED) is 0.310. The molecule has 0 fully saturated rings. The van der Waals surface area contributed by atoms with Crippen LogP contribution in [0.25, 0.3) is 0 Å². The molecular formula is C17H38O3Si. The predicted molar refractivity (Wildman–Crippen MR) is 92.6 cm³/mol. The van der Waals surface area contributed by atoms with Crippen LogP contribution in [0.2, 0.25) is 6.04 Å². The van der Waals surface area contributed by atoms with Crippen LogP contribution in [-0.2, 0) is 13.3 Å². The maximum atomic E-state index is 6.63. The van der Waals surface area contributed by atoms with Gasteiger partial charge in [0.15, 0.2) is 0 Å². The Morgan fingerprint density at radius 2 is 1.52 bits per heavy atom. The highest BCUT2D eigenvalue weighted by Gasteiger charge is 2.45. The molecule has 0 saturated heterocycles. The van der Waals surface area contributed by atoms with Gasteiger partial charge in [0.05, 0.1) is 5.60 Å². The molecule has 0 amide bonds. The lowest BCUT2D eigenvalue weighted by Gasteiger charge is -2.40. The molecular weight excluding hydrogens is 280 g/mol. The topological polar surface area (TPSA) is 27.7 Å². The van der Waals surface area contributed by atoms with E-state index < -0.39 is 8.80 Å². The maximum absolute atomic E-state index is 6.63. The minimum Gasteiger partial charge on any atom is -0.377 e. The molecule has 1 unspecified atom stereocenters. The average Bonchev–Trinajstić information content (AvgIpc) is 2.51. The Balaban J connectivity index is 4.91. The van der Waals surface area contributed by atoms with Gasteiger partial charge in [-0.05, 0) is 25.7 Å². The van der Waals surface area contributed by atoms with Crippen LogP contribution in [0.3, 0.4) is 0 Å². The van der Waals surface area contributed by atoms with Gasteiger partial charge in [-0.15, -0.1) is 0 Å². The van der Waals surface area contributed by atoms with Crippen LogP contribution >= 0.6 is 0 Å². The van der Waals surface area contributed by atoms with Gasteiger partial charge < -0.3 is 13.3 Å². The fraction of sp³-hybridized carbons (Fsp3) is 1.00. The van der Waals surface area contributed by atoms with Gasteiger partial charge in [0, 0.05) is 19.8 Å². The molecule has 0 aromatic rings. The van der Waals surface area contributed by atoms with Gasteiger partial charge in [0.1, 0.15) is 0 Å². The molecule has 21 heavy (non-hydrogen) atoms. The first-order valence-electron chi connectivity index (χ1n) is 8.96. The van der Waals surface area contributed by atoms with E-state index in [1.807, 2.05) is 0 Å². The Bertz CT molecular complexity index is 244. The van der Waals surface area contributed by atoms with Gasteiger partial charge in [-0.2, -0.15) is 0 Å². The summed E-state index contributed by atoms with van der Waals surface area (Å²) in [7, 11) is -0.766. The summed E-state index contributed by atoms with van der Waals surface area (Å²) in [5, 5.41) is 0. The largest absolute Gasteiger partial charge is 0.501 e. The Hall–Kier alpha value is 0.0969. The molecule has 0 aromatic carbocycles. The molecule has 0 radical (unpaired) electrons. The van der Waals surface area contributed by atoms with Crippen LogP contribution in [0.5, 0.6) is 0 Å². The highest BCUT2D eigenvalue weighted by Crippen LogP contribution is 2.33. The van der Waals surface area contributed by atoms with E-state index in [9.17, 15) is 0 Å². The molecule has 4 heteroatoms. The molecule has 0 aliphatic carbocycles. The molecule has 3 nitrogen and oxygen atoms in total. The molecule has 0 saturated carbocycles. The van der Waals surface area contributed by atoms with Crippen LogP contribution in [0.15, 0.2) is 0 Å². The van der Waals surface area contributed by atoms with Crippen molar-refractivity contribution in [1.29, 1.82) is 0 Å². The molecule has 0 heterocycles. The van der Waals surface area contributed by atoms with Crippen molar-refractivity contribution in [1.82, 2.24) is 0 Å². The molecule has 128 valence electrons. The van der Waals surface area contributed by atoms with Crippen molar-refractivity contribution in [2.75, 3.05) is 13.7 Å². The monoisotopic (exact) mass is 318 g/mol. The fourth-order valence-corrected chi connectivity index (χ4v) is 5.65. The van der Waals surface area contributed by atoms with E-state index in [-0.39, 0.29) is 5.60 Å². The molecule has 0 aliphatic rings. The van der Waals surface area contributed by atoms with Gasteiger partial charge in [-0.25, -0.2) is 0 Å². The molecule has 0 rings (SSSR count). The highest BCUT2D eigenvalue weighted by atomic mass is 28.4. The van der Waals surface area contributed by atoms with Crippen molar-refractivity contribution >= 4 is 8.80 Å². The number of rotatable bonds is 14. The molecule has 0 bridgehead atoms. The first-order chi connectivity index (χ1) is 10.1. The van der Waals surface area contributed by atoms with E-state index in [2.05, 4.69) is 34.6 Å². The second-order valence-corrected chi connectivity index (χ2v) is 8.70. The van der Waals surface area contributed by atoms with Crippen molar-refractivity contribution in [3.8, 4) is 0 Å². The number of unbranched alkanes of at least 4 members (excludes halogenated alkanes) is 2. The van der Waals surface area contributed by atoms with Crippen LogP contribution in [0, 0.1) is 0 Å². The second-order valence-electron chi connectivity index (χ2n) is 5.93. The van der Waals surface area contributed by atoms with Gasteiger partial charge in [0.25, 0.3) is 0 Å². The van der Waals surface area contributed by atoms with E-state index in [1.54, 1.807) is 7.11 Å². The van der Waals surface area contributed by atoms with Gasteiger partial charge in [-0.1, -0.05) is 60.3 Å². The van der Waals surface area contributed by atoms with Gasteiger partial charge in [0.2, 0.25) is 0 Å². The van der Waals surface area contributed by atoms with Gasteiger partial charge >= 0.3 is 8.80 Å². The van der Waals surface area contributed by atoms with Crippen molar-refractivity contribution in [2.45, 2.75) is 97.6 Å². The zero-order chi connectivity index (χ0) is 16.2. The third kappa shape index (κ3) is 7.27. The summed E-state index contributed by atoms with van der Waals surface area (Å²) in [6.07, 6.45) is 8.84. The first-order valence-corrected chi connectivity index (χ1v) is 10.9. The molecule has 0 spiro atoms. The first kappa shape index (κ1) is 21.1.